The number of nitro benzene ring substituents is 1. The largest absolute Gasteiger partial charge is 0.422 e. The number of ketones is 1. The van der Waals surface area contributed by atoms with E-state index in [4.69, 9.17) is 4.74 Å². The van der Waals surface area contributed by atoms with Crippen molar-refractivity contribution in [3.05, 3.63) is 112 Å². The maximum absolute atomic E-state index is 12.4. The number of rotatable bonds is 6. The van der Waals surface area contributed by atoms with Gasteiger partial charge in [-0.25, -0.2) is 4.79 Å². The van der Waals surface area contributed by atoms with Gasteiger partial charge in [0.1, 0.15) is 5.75 Å². The zero-order chi connectivity index (χ0) is 19.9. The summed E-state index contributed by atoms with van der Waals surface area (Å²) in [7, 11) is 0. The Hall–Kier alpha value is -4.06. The Morgan fingerprint density at radius 3 is 2.29 bits per heavy atom. The molecule has 0 saturated heterocycles. The average Bonchev–Trinajstić information content (AvgIpc) is 2.73. The molecular formula is C22H15NO5. The Kier molecular flexibility index (Phi) is 5.72. The van der Waals surface area contributed by atoms with Gasteiger partial charge in [0.25, 0.3) is 5.69 Å². The van der Waals surface area contributed by atoms with Crippen molar-refractivity contribution < 1.29 is 19.2 Å². The topological polar surface area (TPSA) is 86.5 Å². The normalized spacial score (nSPS) is 10.6. The van der Waals surface area contributed by atoms with Crippen LogP contribution in [0, 0.1) is 10.1 Å². The molecule has 0 aliphatic rings. The van der Waals surface area contributed by atoms with E-state index < -0.39 is 10.9 Å². The number of nitrogens with zero attached hydrogens (tertiary/aromatic N) is 1. The maximum atomic E-state index is 12.4. The van der Waals surface area contributed by atoms with Crippen molar-refractivity contribution in [1.82, 2.24) is 0 Å². The number of allylic oxidation sites excluding steroid dienone is 1. The lowest BCUT2D eigenvalue weighted by Gasteiger charge is -2.07. The molecule has 3 rings (SSSR count). The van der Waals surface area contributed by atoms with E-state index in [2.05, 4.69) is 0 Å². The summed E-state index contributed by atoms with van der Waals surface area (Å²) in [4.78, 5) is 34.9. The molecule has 0 radical (unpaired) electrons. The lowest BCUT2D eigenvalue weighted by molar-refractivity contribution is -0.384. The first-order chi connectivity index (χ1) is 13.5. The number of hydrogen-bond acceptors (Lipinski definition) is 5. The molecule has 0 fully saturated rings. The van der Waals surface area contributed by atoms with Crippen molar-refractivity contribution in [3.63, 3.8) is 0 Å². The summed E-state index contributed by atoms with van der Waals surface area (Å²) in [5, 5.41) is 10.9. The highest BCUT2D eigenvalue weighted by Gasteiger charge is 2.14. The summed E-state index contributed by atoms with van der Waals surface area (Å²) in [6.45, 7) is 0. The third-order valence-electron chi connectivity index (χ3n) is 3.89. The number of ether oxygens (including phenoxy) is 1. The van der Waals surface area contributed by atoms with Crippen LogP contribution in [0.1, 0.15) is 26.3 Å². The van der Waals surface area contributed by atoms with Gasteiger partial charge < -0.3 is 4.74 Å². The number of benzene rings is 3. The van der Waals surface area contributed by atoms with Gasteiger partial charge in [-0.15, -0.1) is 0 Å². The second kappa shape index (κ2) is 8.55. The van der Waals surface area contributed by atoms with Crippen LogP contribution in [0.5, 0.6) is 5.75 Å². The van der Waals surface area contributed by atoms with E-state index in [9.17, 15) is 19.7 Å². The van der Waals surface area contributed by atoms with Crippen LogP contribution in [0.25, 0.3) is 6.08 Å². The van der Waals surface area contributed by atoms with Crippen LogP contribution in [0.15, 0.2) is 84.9 Å². The first-order valence-electron chi connectivity index (χ1n) is 8.38. The molecule has 0 spiro atoms. The summed E-state index contributed by atoms with van der Waals surface area (Å²) < 4.78 is 5.38. The van der Waals surface area contributed by atoms with E-state index in [1.807, 2.05) is 6.07 Å². The number of hydrogen-bond donors (Lipinski definition) is 0. The highest BCUT2D eigenvalue weighted by atomic mass is 16.6. The van der Waals surface area contributed by atoms with Crippen molar-refractivity contribution in [3.8, 4) is 5.75 Å². The standard InChI is InChI=1S/C22H15NO5/c24-20(16-7-2-1-3-8-16)14-13-17-9-4-5-12-21(17)28-22(25)18-10-6-11-19(15-18)23(26)27/h1-15H. The van der Waals surface area contributed by atoms with E-state index in [1.54, 1.807) is 54.6 Å². The van der Waals surface area contributed by atoms with Crippen LogP contribution >= 0.6 is 0 Å². The number of para-hydroxylation sites is 1. The number of nitro groups is 1. The monoisotopic (exact) mass is 373 g/mol. The molecule has 0 aromatic heterocycles. The van der Waals surface area contributed by atoms with Crippen LogP contribution in [0.3, 0.4) is 0 Å². The van der Waals surface area contributed by atoms with Crippen molar-refractivity contribution in [2.75, 3.05) is 0 Å². The molecule has 6 heteroatoms. The van der Waals surface area contributed by atoms with E-state index >= 15 is 0 Å². The summed E-state index contributed by atoms with van der Waals surface area (Å²) in [5.74, 6) is -0.657. The number of carbonyl (C=O) groups excluding carboxylic acids is 2. The van der Waals surface area contributed by atoms with E-state index in [-0.39, 0.29) is 22.8 Å². The van der Waals surface area contributed by atoms with E-state index in [1.165, 1.54) is 24.3 Å². The van der Waals surface area contributed by atoms with Crippen molar-refractivity contribution in [2.45, 2.75) is 0 Å². The predicted octanol–water partition coefficient (Wildman–Crippen LogP) is 4.71. The van der Waals surface area contributed by atoms with Crippen molar-refractivity contribution in [1.29, 1.82) is 0 Å². The Balaban J connectivity index is 1.80. The average molecular weight is 373 g/mol. The molecule has 0 bridgehead atoms. The minimum Gasteiger partial charge on any atom is -0.422 e. The van der Waals surface area contributed by atoms with Gasteiger partial charge in [-0.2, -0.15) is 0 Å². The van der Waals surface area contributed by atoms with Crippen LogP contribution in [-0.2, 0) is 0 Å². The lowest BCUT2D eigenvalue weighted by atomic mass is 10.1. The number of non-ortho nitro benzene ring substituents is 1. The molecule has 6 nitrogen and oxygen atoms in total. The first kappa shape index (κ1) is 18.7. The molecule has 3 aromatic carbocycles. The third kappa shape index (κ3) is 4.56. The Bertz CT molecular complexity index is 1060. The first-order valence-corrected chi connectivity index (χ1v) is 8.38. The molecule has 0 aliphatic carbocycles. The second-order valence-corrected chi connectivity index (χ2v) is 5.80. The van der Waals surface area contributed by atoms with Gasteiger partial charge in [0.05, 0.1) is 10.5 Å². The minimum absolute atomic E-state index is 0.0633. The molecular weight excluding hydrogens is 358 g/mol. The molecule has 0 heterocycles. The van der Waals surface area contributed by atoms with Gasteiger partial charge in [-0.05, 0) is 24.3 Å². The van der Waals surface area contributed by atoms with Crippen molar-refractivity contribution >= 4 is 23.5 Å². The Labute approximate surface area is 160 Å². The summed E-state index contributed by atoms with van der Waals surface area (Å²) in [6.07, 6.45) is 2.96. The number of carbonyl (C=O) groups is 2. The van der Waals surface area contributed by atoms with Gasteiger partial charge >= 0.3 is 5.97 Å². The lowest BCUT2D eigenvalue weighted by Crippen LogP contribution is -2.09. The van der Waals surface area contributed by atoms with Crippen LogP contribution in [0.2, 0.25) is 0 Å². The van der Waals surface area contributed by atoms with Crippen LogP contribution < -0.4 is 4.74 Å². The molecule has 28 heavy (non-hydrogen) atoms. The summed E-state index contributed by atoms with van der Waals surface area (Å²) in [5.41, 5.74) is 0.944. The van der Waals surface area contributed by atoms with E-state index in [0.29, 0.717) is 11.1 Å². The summed E-state index contributed by atoms with van der Waals surface area (Å²) >= 11 is 0. The van der Waals surface area contributed by atoms with Crippen molar-refractivity contribution in [2.24, 2.45) is 0 Å². The number of esters is 1. The molecule has 0 amide bonds. The highest BCUT2D eigenvalue weighted by Crippen LogP contribution is 2.22. The highest BCUT2D eigenvalue weighted by molar-refractivity contribution is 6.07. The molecule has 0 N–H and O–H groups in total. The Morgan fingerprint density at radius 1 is 0.857 bits per heavy atom. The third-order valence-corrected chi connectivity index (χ3v) is 3.89. The van der Waals surface area contributed by atoms with E-state index in [0.717, 1.165) is 6.07 Å². The fraction of sp³-hybridized carbons (Fsp3) is 0. The molecule has 0 saturated carbocycles. The minimum atomic E-state index is -0.723. The molecule has 0 atom stereocenters. The Morgan fingerprint density at radius 2 is 1.54 bits per heavy atom. The maximum Gasteiger partial charge on any atom is 0.343 e. The quantitative estimate of drug-likeness (QED) is 0.156. The van der Waals surface area contributed by atoms with Gasteiger partial charge in [-0.1, -0.05) is 54.6 Å². The van der Waals surface area contributed by atoms with Crippen LogP contribution in [-0.4, -0.2) is 16.7 Å². The van der Waals surface area contributed by atoms with Gasteiger partial charge in [0.15, 0.2) is 5.78 Å². The van der Waals surface area contributed by atoms with Crippen LogP contribution in [0.4, 0.5) is 5.69 Å². The second-order valence-electron chi connectivity index (χ2n) is 5.80. The molecule has 3 aromatic rings. The zero-order valence-corrected chi connectivity index (χ0v) is 14.6. The smallest absolute Gasteiger partial charge is 0.343 e. The van der Waals surface area contributed by atoms with Gasteiger partial charge in [-0.3, -0.25) is 14.9 Å². The predicted molar refractivity (Wildman–Crippen MR) is 104 cm³/mol. The van der Waals surface area contributed by atoms with Gasteiger partial charge in [0, 0.05) is 23.3 Å². The molecule has 0 unspecified atom stereocenters. The fourth-order valence-electron chi connectivity index (χ4n) is 2.48. The fourth-order valence-corrected chi connectivity index (χ4v) is 2.48. The van der Waals surface area contributed by atoms with Gasteiger partial charge in [0.2, 0.25) is 0 Å². The SMILES string of the molecule is O=C(C=Cc1ccccc1OC(=O)c1cccc([N+](=O)[O-])c1)c1ccccc1. The summed E-state index contributed by atoms with van der Waals surface area (Å²) in [6, 6.07) is 20.8. The molecule has 0 aliphatic heterocycles. The zero-order valence-electron chi connectivity index (χ0n) is 14.6. The molecule has 138 valence electrons.